The van der Waals surface area contributed by atoms with E-state index in [2.05, 4.69) is 257 Å². The van der Waals surface area contributed by atoms with Gasteiger partial charge >= 0.3 is 23.9 Å². The number of aliphatic hydroxyl groups is 2. The van der Waals surface area contributed by atoms with Crippen LogP contribution in [0.25, 0.3) is 11.0 Å². The second-order valence-corrected chi connectivity index (χ2v) is 50.7. The lowest BCUT2D eigenvalue weighted by Crippen LogP contribution is -2.40. The van der Waals surface area contributed by atoms with Gasteiger partial charge in [-0.3, -0.25) is 4.79 Å². The molecule has 0 atom stereocenters. The van der Waals surface area contributed by atoms with E-state index in [0.29, 0.717) is 97.0 Å². The molecule has 0 saturated carbocycles. The smallest absolute Gasteiger partial charge is 0.330 e. The molecule has 0 bridgehead atoms. The Balaban J connectivity index is 0.000000307. The third kappa shape index (κ3) is 40.7. The number of allylic oxidation sites excluding steroid dienone is 1. The highest BCUT2D eigenvalue weighted by molar-refractivity contribution is 14.1. The third-order valence-corrected chi connectivity index (χ3v) is 33.9. The van der Waals surface area contributed by atoms with Gasteiger partial charge in [0, 0.05) is 47.7 Å². The Morgan fingerprint density at radius 3 is 1.07 bits per heavy atom. The first kappa shape index (κ1) is 117. The minimum atomic E-state index is -2.03. The number of halogens is 4. The quantitative estimate of drug-likeness (QED) is 0.00805. The van der Waals surface area contributed by atoms with Gasteiger partial charge in [-0.2, -0.15) is 0 Å². The van der Waals surface area contributed by atoms with Gasteiger partial charge in [0.2, 0.25) is 0 Å². The number of benzene rings is 8. The van der Waals surface area contributed by atoms with Crippen LogP contribution in [-0.4, -0.2) is 116 Å². The molecule has 10 rings (SSSR count). The highest BCUT2D eigenvalue weighted by Gasteiger charge is 2.40. The average molecular weight is 2300 g/mol. The number of phenols is 1. The van der Waals surface area contributed by atoms with Gasteiger partial charge in [0.05, 0.1) is 101 Å². The Kier molecular flexibility index (Phi) is 52.8. The SMILES string of the molecule is C1CCOC1.CC(C)Cc1cc(I)c(O)c(CO)c1OCc1ccccc1.COC(=O)/C=C/CBr.COC(=O)/C=C/COc1c(I)cc(CC(C)C)c(OCc2ccccc2)c1CO.COC(=O)/C=C/COc1c(I)cc(CC(C)C)c(OCc2ccccc2)c1CO[Si](C)(C)C(C)(C)C.COC(=O)Cc1coc2c(CO[Si](C)(C)C(C)(C)C)c(OCc3ccccc3)c(CC(C)C)cc12. The second-order valence-electron chi connectivity index (χ2n) is 37.0. The number of carbonyl (C=O) groups is 4. The molecule has 1 aliphatic heterocycles. The number of furan rings is 1. The lowest BCUT2D eigenvalue weighted by Gasteiger charge is -2.36. The molecule has 8 aromatic carbocycles. The van der Waals surface area contributed by atoms with Crippen LogP contribution in [0.2, 0.25) is 36.3 Å². The number of alkyl halides is 1. The molecule has 1 aromatic heterocycles. The molecule has 135 heavy (non-hydrogen) atoms. The third-order valence-electron chi connectivity index (χ3n) is 22.2. The van der Waals surface area contributed by atoms with Gasteiger partial charge < -0.3 is 80.7 Å². The summed E-state index contributed by atoms with van der Waals surface area (Å²) in [6.45, 7) is 44.3. The number of rotatable bonds is 40. The first-order chi connectivity index (χ1) is 64.1. The van der Waals surface area contributed by atoms with Gasteiger partial charge in [-0.25, -0.2) is 14.4 Å². The standard InChI is InChI=1S/C29H41IO5Si.C29H40O5Si.C23H27IO5.C18H21IO3.C5H7BrO2.C4H8O/c1-21(2)17-23-18-25(30)28(33-16-12-15-26(31)32-6)24(20-35-36(7,8)29(3,4)5)27(23)34-19-22-13-10-9-11-14-22;1-20(2)14-22-15-24-23(16-26(30)31-6)18-33-28(24)25(19-34-35(7,8)29(3,4)5)27(22)32-17-21-12-10-9-11-13-21;1-16(2)12-18-13-20(24)23(28-11-7-10-21(26)27-3)19(14-25)22(18)29-15-17-8-5-4-6-9-17;1-12(2)8-14-9-16(19)17(21)15(10-20)18(14)22-11-13-6-4-3-5-7-13;1-8-5(7)3-2-4-6;1-2-4-5-3-1/h9-15,18,21H,16-17,19-20H2,1-8H3;9-13,15,18,20H,14,16-17,19H2,1-8H3;4-10,13,16,25H,11-12,14-15H2,1-3H3;3-7,9,12,20-21H,8,10-11H2,1-2H3;2-3H,4H2,1H3;1-4H2/b15-12+;;10-7+;;3-2+;. The molecule has 0 aliphatic carbocycles. The Labute approximate surface area is 854 Å². The largest absolute Gasteiger partial charge is 0.506 e. The Hall–Kier alpha value is -8.10. The molecule has 27 heteroatoms. The van der Waals surface area contributed by atoms with E-state index in [9.17, 15) is 34.5 Å². The molecule has 2 heterocycles. The van der Waals surface area contributed by atoms with Gasteiger partial charge in [0.15, 0.2) is 16.6 Å². The van der Waals surface area contributed by atoms with Gasteiger partial charge in [-0.15, -0.1) is 0 Å². The van der Waals surface area contributed by atoms with Gasteiger partial charge in [0.25, 0.3) is 0 Å². The molecule has 0 radical (unpaired) electrons. The van der Waals surface area contributed by atoms with Crippen molar-refractivity contribution in [3.8, 4) is 40.2 Å². The van der Waals surface area contributed by atoms with Gasteiger partial charge in [-0.05, 0) is 247 Å². The van der Waals surface area contributed by atoms with E-state index in [1.165, 1.54) is 59.5 Å². The van der Waals surface area contributed by atoms with Crippen molar-refractivity contribution in [3.05, 3.63) is 271 Å². The van der Waals surface area contributed by atoms with E-state index in [1.54, 1.807) is 24.5 Å². The van der Waals surface area contributed by atoms with Crippen molar-refractivity contribution >= 4 is 135 Å². The second kappa shape index (κ2) is 60.7. The maximum absolute atomic E-state index is 12.1. The minimum absolute atomic E-state index is 0.0744. The van der Waals surface area contributed by atoms with Gasteiger partial charge in [0.1, 0.15) is 85.5 Å². The van der Waals surface area contributed by atoms with E-state index in [4.69, 9.17) is 51.2 Å². The lowest BCUT2D eigenvalue weighted by atomic mass is 9.96. The molecule has 9 aromatic rings. The van der Waals surface area contributed by atoms with Gasteiger partial charge in [-0.1, -0.05) is 240 Å². The number of aliphatic hydroxyl groups excluding tert-OH is 2. The zero-order chi connectivity index (χ0) is 100. The number of carbonyl (C=O) groups excluding carboxylic acids is 4. The first-order valence-corrected chi connectivity index (χ1v) is 55.9. The van der Waals surface area contributed by atoms with Crippen LogP contribution >= 0.6 is 83.7 Å². The summed E-state index contributed by atoms with van der Waals surface area (Å²) < 4.78 is 82.7. The van der Waals surface area contributed by atoms with E-state index < -0.39 is 28.6 Å². The molecule has 0 spiro atoms. The summed E-state index contributed by atoms with van der Waals surface area (Å²) in [5.74, 6) is 4.68. The lowest BCUT2D eigenvalue weighted by molar-refractivity contribution is -0.140. The minimum Gasteiger partial charge on any atom is -0.506 e. The van der Waals surface area contributed by atoms with Crippen LogP contribution in [0.1, 0.15) is 182 Å². The topological polar surface area (TPSA) is 262 Å². The summed E-state index contributed by atoms with van der Waals surface area (Å²) in [6.07, 6.45) is 16.7. The maximum Gasteiger partial charge on any atom is 0.330 e. The van der Waals surface area contributed by atoms with Crippen molar-refractivity contribution in [1.29, 1.82) is 0 Å². The van der Waals surface area contributed by atoms with E-state index in [1.807, 2.05) is 109 Å². The van der Waals surface area contributed by atoms with Crippen molar-refractivity contribution in [3.63, 3.8) is 0 Å². The summed E-state index contributed by atoms with van der Waals surface area (Å²) in [7, 11) is 1.37. The van der Waals surface area contributed by atoms with Crippen LogP contribution in [0, 0.1) is 34.4 Å². The number of esters is 4. The van der Waals surface area contributed by atoms with E-state index in [0.717, 1.165) is 139 Å². The zero-order valence-electron chi connectivity index (χ0n) is 83.1. The summed E-state index contributed by atoms with van der Waals surface area (Å²) in [5.41, 5.74) is 13.1. The maximum atomic E-state index is 12.1. The molecule has 1 fully saturated rings. The summed E-state index contributed by atoms with van der Waals surface area (Å²) >= 11 is 9.73. The van der Waals surface area contributed by atoms with Crippen LogP contribution in [0.4, 0.5) is 0 Å². The highest BCUT2D eigenvalue weighted by atomic mass is 127. The number of aromatic hydroxyl groups is 1. The predicted molar refractivity (Wildman–Crippen MR) is 572 cm³/mol. The molecular weight excluding hydrogens is 2150 g/mol. The van der Waals surface area contributed by atoms with Crippen molar-refractivity contribution < 1.29 is 99.9 Å². The summed E-state index contributed by atoms with van der Waals surface area (Å²) in [4.78, 5) is 45.0. The molecular formula is C108H144BrI3O21Si2. The van der Waals surface area contributed by atoms with Crippen LogP contribution in [-0.2, 0) is 137 Å². The number of ether oxygens (including phenoxy) is 11. The summed E-state index contributed by atoms with van der Waals surface area (Å²) in [5, 5.41) is 31.7. The molecule has 3 N–H and O–H groups in total. The number of fused-ring (bicyclic) bond motifs is 1. The first-order valence-electron chi connectivity index (χ1n) is 45.7. The van der Waals surface area contributed by atoms with E-state index >= 15 is 0 Å². The van der Waals surface area contributed by atoms with Crippen molar-refractivity contribution in [2.45, 2.75) is 231 Å². The van der Waals surface area contributed by atoms with Crippen molar-refractivity contribution in [2.24, 2.45) is 23.7 Å². The fraction of sp³-hybridized carbons (Fsp3) is 0.444. The van der Waals surface area contributed by atoms with Crippen LogP contribution in [0.5, 0.6) is 40.2 Å². The Morgan fingerprint density at radius 2 is 0.748 bits per heavy atom. The number of hydrogen-bond donors (Lipinski definition) is 3. The molecule has 21 nitrogen and oxygen atoms in total. The zero-order valence-corrected chi connectivity index (χ0v) is 93.1. The molecule has 0 amide bonds. The summed E-state index contributed by atoms with van der Waals surface area (Å²) in [6, 6.07) is 48.4. The monoisotopic (exact) mass is 2290 g/mol. The molecule has 0 unspecified atom stereocenters. The van der Waals surface area contributed by atoms with Crippen LogP contribution in [0.15, 0.2) is 193 Å². The highest BCUT2D eigenvalue weighted by Crippen LogP contribution is 2.46. The fourth-order valence-electron chi connectivity index (χ4n) is 13.1. The Morgan fingerprint density at radius 1 is 0.422 bits per heavy atom. The van der Waals surface area contributed by atoms with Crippen molar-refractivity contribution in [1.82, 2.24) is 0 Å². The number of methoxy groups -OCH3 is 4. The normalized spacial score (nSPS) is 12.1. The molecule has 1 aliphatic rings. The number of hydrogen-bond acceptors (Lipinski definition) is 21. The van der Waals surface area contributed by atoms with Crippen molar-refractivity contribution in [2.75, 3.05) is 60.2 Å². The fourth-order valence-corrected chi connectivity index (χ4v) is 17.6. The van der Waals surface area contributed by atoms with E-state index in [-0.39, 0.29) is 60.6 Å². The molecule has 1 saturated heterocycles. The van der Waals surface area contributed by atoms with Crippen LogP contribution in [0.3, 0.4) is 0 Å². The predicted octanol–water partition coefficient (Wildman–Crippen LogP) is 26.0. The average Bonchev–Trinajstić information content (AvgIpc) is 1.70. The van der Waals surface area contributed by atoms with Crippen LogP contribution < -0.4 is 28.4 Å². The Bertz CT molecular complexity index is 5170. The molecule has 738 valence electrons.